The van der Waals surface area contributed by atoms with Crippen molar-refractivity contribution < 1.29 is 33.3 Å². The number of nitrogens with two attached hydrogens (primary N) is 1. The van der Waals surface area contributed by atoms with E-state index >= 15 is 0 Å². The predicted octanol–water partition coefficient (Wildman–Crippen LogP) is 2.68. The van der Waals surface area contributed by atoms with Gasteiger partial charge in [0.2, 0.25) is 0 Å². The Balaban J connectivity index is 0.000000244. The van der Waals surface area contributed by atoms with Gasteiger partial charge in [0.05, 0.1) is 69.0 Å². The number of hydrogen-bond acceptors (Lipinski definition) is 15. The van der Waals surface area contributed by atoms with Crippen LogP contribution in [0.25, 0.3) is 22.5 Å². The summed E-state index contributed by atoms with van der Waals surface area (Å²) in [5, 5.41) is 29.7. The zero-order chi connectivity index (χ0) is 35.8. The van der Waals surface area contributed by atoms with Gasteiger partial charge in [0, 0.05) is 38.3 Å². The Bertz CT molecular complexity index is 2010. The molecule has 0 aliphatic rings. The number of anilines is 3. The number of carbonyl (C=O) groups excluding carboxylic acids is 3. The molecule has 5 aromatic rings. The zero-order valence-electron chi connectivity index (χ0n) is 27.4. The maximum absolute atomic E-state index is 12.2. The lowest BCUT2D eigenvalue weighted by atomic mass is 10.0. The highest BCUT2D eigenvalue weighted by Gasteiger charge is 2.22. The number of rotatable bonds is 9. The van der Waals surface area contributed by atoms with Gasteiger partial charge in [-0.3, -0.25) is 4.79 Å². The molecule has 0 saturated carbocycles. The number of amides is 1. The summed E-state index contributed by atoms with van der Waals surface area (Å²) in [6.45, 7) is 0. The Morgan fingerprint density at radius 2 is 1.29 bits per heavy atom. The summed E-state index contributed by atoms with van der Waals surface area (Å²) in [6, 6.07) is 7.66. The molecule has 4 N–H and O–H groups in total. The van der Waals surface area contributed by atoms with Crippen LogP contribution >= 0.6 is 11.6 Å². The van der Waals surface area contributed by atoms with E-state index in [1.165, 1.54) is 69.5 Å². The molecule has 19 heteroatoms. The van der Waals surface area contributed by atoms with Crippen molar-refractivity contribution in [3.8, 4) is 34.0 Å². The van der Waals surface area contributed by atoms with E-state index in [1.807, 2.05) is 0 Å². The maximum atomic E-state index is 12.2. The van der Waals surface area contributed by atoms with Crippen molar-refractivity contribution in [3.63, 3.8) is 0 Å². The molecule has 0 atom stereocenters. The maximum Gasteiger partial charge on any atom is 0.337 e. The molecule has 256 valence electrons. The average Bonchev–Trinajstić information content (AvgIpc) is 3.74. The number of hydrogen-bond donors (Lipinski definition) is 3. The molecule has 0 fully saturated rings. The van der Waals surface area contributed by atoms with Crippen LogP contribution in [0.3, 0.4) is 0 Å². The number of nitrogens with one attached hydrogen (secondary N) is 2. The first-order valence-electron chi connectivity index (χ1n) is 14.1. The molecular formula is C30H32ClN11O7. The summed E-state index contributed by atoms with van der Waals surface area (Å²) in [6.07, 6.45) is 3.10. The average molecular weight is 694 g/mol. The molecule has 0 radical (unpaired) electrons. The predicted molar refractivity (Wildman–Crippen MR) is 177 cm³/mol. The fourth-order valence-electron chi connectivity index (χ4n) is 4.51. The lowest BCUT2D eigenvalue weighted by Gasteiger charge is -2.17. The fraction of sp³-hybridized carbons (Fsp3) is 0.233. The second-order valence-electron chi connectivity index (χ2n) is 9.81. The number of carbonyl (C=O) groups is 3. The number of esters is 2. The molecule has 0 bridgehead atoms. The van der Waals surface area contributed by atoms with Gasteiger partial charge in [-0.15, -0.1) is 10.2 Å². The summed E-state index contributed by atoms with van der Waals surface area (Å²) in [4.78, 5) is 38.8. The van der Waals surface area contributed by atoms with E-state index < -0.39 is 17.8 Å². The van der Waals surface area contributed by atoms with Crippen LogP contribution in [-0.2, 0) is 23.6 Å². The van der Waals surface area contributed by atoms with Crippen molar-refractivity contribution in [2.24, 2.45) is 14.1 Å². The van der Waals surface area contributed by atoms with Gasteiger partial charge >= 0.3 is 11.9 Å². The number of aromatic nitrogens is 8. The van der Waals surface area contributed by atoms with Crippen LogP contribution in [0, 0.1) is 0 Å². The summed E-state index contributed by atoms with van der Waals surface area (Å²) in [5.74, 6) is -0.700. The van der Waals surface area contributed by atoms with Gasteiger partial charge in [-0.25, -0.2) is 9.59 Å². The Morgan fingerprint density at radius 1 is 0.755 bits per heavy atom. The van der Waals surface area contributed by atoms with Crippen LogP contribution in [0.5, 0.6) is 11.5 Å². The molecule has 18 nitrogen and oxygen atoms in total. The largest absolute Gasteiger partial charge is 0.494 e. The van der Waals surface area contributed by atoms with Crippen molar-refractivity contribution in [2.75, 3.05) is 46.5 Å². The van der Waals surface area contributed by atoms with Gasteiger partial charge < -0.3 is 35.3 Å². The first-order valence-corrected chi connectivity index (χ1v) is 14.4. The number of ether oxygens (including phenoxy) is 4. The lowest BCUT2D eigenvalue weighted by Crippen LogP contribution is -2.21. The van der Waals surface area contributed by atoms with E-state index in [1.54, 1.807) is 32.4 Å². The minimum absolute atomic E-state index is 0.00785. The van der Waals surface area contributed by atoms with Gasteiger partial charge in [-0.2, -0.15) is 30.0 Å². The van der Waals surface area contributed by atoms with Crippen LogP contribution in [0.15, 0.2) is 42.7 Å². The monoisotopic (exact) mass is 693 g/mol. The molecule has 0 aliphatic heterocycles. The van der Waals surface area contributed by atoms with E-state index in [0.717, 1.165) is 0 Å². The Morgan fingerprint density at radius 3 is 1.76 bits per heavy atom. The minimum atomic E-state index is -0.566. The smallest absolute Gasteiger partial charge is 0.337 e. The Kier molecular flexibility index (Phi) is 11.3. The first-order chi connectivity index (χ1) is 23.4. The normalized spacial score (nSPS) is 10.4. The number of nitrogen functional groups attached to an aromatic ring is 1. The van der Waals surface area contributed by atoms with Crippen molar-refractivity contribution in [3.05, 3.63) is 64.7 Å². The fourth-order valence-corrected chi connectivity index (χ4v) is 4.65. The topological polar surface area (TPSA) is 225 Å². The van der Waals surface area contributed by atoms with Crippen molar-refractivity contribution in [1.29, 1.82) is 0 Å². The molecule has 0 saturated heterocycles. The third kappa shape index (κ3) is 7.99. The van der Waals surface area contributed by atoms with E-state index in [2.05, 4.69) is 46.0 Å². The van der Waals surface area contributed by atoms with Gasteiger partial charge in [-0.1, -0.05) is 11.6 Å². The molecule has 5 rings (SSSR count). The third-order valence-electron chi connectivity index (χ3n) is 6.68. The number of nitrogens with zero attached hydrogens (tertiary/aromatic N) is 8. The van der Waals surface area contributed by atoms with E-state index in [9.17, 15) is 14.4 Å². The van der Waals surface area contributed by atoms with Crippen molar-refractivity contribution >= 4 is 46.5 Å². The number of halogens is 1. The standard InChI is InChI=1S/C18H18ClN7O4.C12H14N4O3/c1-20-17(27)15-11(7-14(19)23-24-15)22-12-6-9(18(28)30-4)5-10(16(12)29-3)13-8-21-26(2)25-13;1-16-14-6-10(15-16)8-4-7(12(17)19-3)5-9(13)11(8)18-2/h5-8H,1-4H3,(H,20,27)(H,22,23);4-6H,13H2,1-3H3. The number of benzene rings is 2. The molecular weight excluding hydrogens is 662 g/mol. The SMILES string of the molecule is CNC(=O)c1nnc(Cl)cc1Nc1cc(C(=O)OC)cc(-c2cnn(C)n2)c1OC.COC(=O)c1cc(N)c(OC)c(-c2cnn(C)n2)c1. The molecule has 0 aliphatic carbocycles. The Labute approximate surface area is 284 Å². The quantitative estimate of drug-likeness (QED) is 0.149. The van der Waals surface area contributed by atoms with Crippen LogP contribution in [-0.4, -0.2) is 93.5 Å². The van der Waals surface area contributed by atoms with Gasteiger partial charge in [-0.05, 0) is 24.3 Å². The third-order valence-corrected chi connectivity index (χ3v) is 6.87. The highest BCUT2D eigenvalue weighted by molar-refractivity contribution is 6.29. The summed E-state index contributed by atoms with van der Waals surface area (Å²) >= 11 is 5.97. The van der Waals surface area contributed by atoms with Crippen LogP contribution in [0.4, 0.5) is 17.1 Å². The highest BCUT2D eigenvalue weighted by Crippen LogP contribution is 2.39. The van der Waals surface area contributed by atoms with Crippen molar-refractivity contribution in [1.82, 2.24) is 45.5 Å². The molecule has 49 heavy (non-hydrogen) atoms. The van der Waals surface area contributed by atoms with Gasteiger partial charge in [0.15, 0.2) is 22.3 Å². The summed E-state index contributed by atoms with van der Waals surface area (Å²) in [5.41, 5.74) is 9.54. The van der Waals surface area contributed by atoms with E-state index in [4.69, 9.17) is 31.5 Å². The second-order valence-corrected chi connectivity index (χ2v) is 10.2. The van der Waals surface area contributed by atoms with Gasteiger partial charge in [0.1, 0.15) is 11.4 Å². The summed E-state index contributed by atoms with van der Waals surface area (Å²) in [7, 11) is 10.4. The zero-order valence-corrected chi connectivity index (χ0v) is 28.2. The highest BCUT2D eigenvalue weighted by atomic mass is 35.5. The Hall–Kier alpha value is -6.30. The first kappa shape index (κ1) is 35.6. The van der Waals surface area contributed by atoms with E-state index in [-0.39, 0.29) is 22.1 Å². The molecule has 0 spiro atoms. The van der Waals surface area contributed by atoms with Gasteiger partial charge in [0.25, 0.3) is 5.91 Å². The van der Waals surface area contributed by atoms with Crippen LogP contribution < -0.4 is 25.8 Å². The molecule has 2 aromatic carbocycles. The molecule has 3 aromatic heterocycles. The van der Waals surface area contributed by atoms with Crippen LogP contribution in [0.1, 0.15) is 31.2 Å². The molecule has 0 unspecified atom stereocenters. The molecule has 1 amide bonds. The van der Waals surface area contributed by atoms with Crippen LogP contribution in [0.2, 0.25) is 5.15 Å². The number of methoxy groups -OCH3 is 4. The minimum Gasteiger partial charge on any atom is -0.494 e. The molecule has 3 heterocycles. The summed E-state index contributed by atoms with van der Waals surface area (Å²) < 4.78 is 20.4. The van der Waals surface area contributed by atoms with E-state index in [0.29, 0.717) is 51.0 Å². The number of aryl methyl sites for hydroxylation is 2. The lowest BCUT2D eigenvalue weighted by molar-refractivity contribution is 0.0592. The van der Waals surface area contributed by atoms with Crippen molar-refractivity contribution in [2.45, 2.75) is 0 Å². The second kappa shape index (κ2) is 15.5.